The molecule has 3 rings (SSSR count). The molecule has 0 aliphatic carbocycles. The molecule has 1 atom stereocenters. The summed E-state index contributed by atoms with van der Waals surface area (Å²) in [5, 5.41) is 9.80. The molecule has 132 valence electrons. The van der Waals surface area contributed by atoms with Gasteiger partial charge in [0.15, 0.2) is 6.10 Å². The van der Waals surface area contributed by atoms with Crippen molar-refractivity contribution in [2.24, 2.45) is 5.16 Å². The van der Waals surface area contributed by atoms with Gasteiger partial charge in [0.2, 0.25) is 0 Å². The van der Waals surface area contributed by atoms with Crippen molar-refractivity contribution in [3.8, 4) is 0 Å². The zero-order chi connectivity index (χ0) is 17.6. The molecule has 0 saturated heterocycles. The van der Waals surface area contributed by atoms with Crippen LogP contribution in [0.4, 0.5) is 4.79 Å². The Hall–Kier alpha value is -2.83. The Morgan fingerprint density at radius 3 is 2.96 bits per heavy atom. The van der Waals surface area contributed by atoms with Crippen LogP contribution in [-0.4, -0.2) is 40.5 Å². The fraction of sp³-hybridized carbons (Fsp3) is 0.389. The van der Waals surface area contributed by atoms with Crippen molar-refractivity contribution in [3.05, 3.63) is 53.6 Å². The van der Waals surface area contributed by atoms with Crippen LogP contribution in [-0.2, 0) is 11.4 Å². The van der Waals surface area contributed by atoms with E-state index in [0.717, 1.165) is 11.3 Å². The van der Waals surface area contributed by atoms with E-state index in [9.17, 15) is 4.79 Å². The average molecular weight is 341 g/mol. The third kappa shape index (κ3) is 4.59. The number of oxime groups is 1. The van der Waals surface area contributed by atoms with Crippen molar-refractivity contribution in [1.82, 2.24) is 20.2 Å². The third-order valence-corrected chi connectivity index (χ3v) is 4.28. The van der Waals surface area contributed by atoms with E-state index >= 15 is 0 Å². The summed E-state index contributed by atoms with van der Waals surface area (Å²) >= 11 is 0. The Morgan fingerprint density at radius 1 is 1.32 bits per heavy atom. The Labute approximate surface area is 147 Å². The lowest BCUT2D eigenvalue weighted by Gasteiger charge is -2.11. The highest BCUT2D eigenvalue weighted by molar-refractivity contribution is 6.01. The van der Waals surface area contributed by atoms with Crippen LogP contribution in [0, 0.1) is 13.8 Å². The van der Waals surface area contributed by atoms with Crippen LogP contribution >= 0.6 is 0 Å². The minimum absolute atomic E-state index is 0.129. The Morgan fingerprint density at radius 2 is 2.20 bits per heavy atom. The molecule has 2 amide bonds. The number of aryl methyl sites for hydroxylation is 2. The van der Waals surface area contributed by atoms with Gasteiger partial charge in [-0.05, 0) is 36.6 Å². The SMILES string of the molecule is Cc1ccc(C2=NOC(CNC(=O)NCCn3ccnc3)C2)cc1C. The molecule has 0 spiro atoms. The molecule has 2 heterocycles. The highest BCUT2D eigenvalue weighted by Crippen LogP contribution is 2.18. The van der Waals surface area contributed by atoms with Gasteiger partial charge < -0.3 is 20.0 Å². The first kappa shape index (κ1) is 17.0. The maximum atomic E-state index is 11.8. The summed E-state index contributed by atoms with van der Waals surface area (Å²) in [5.74, 6) is 0. The highest BCUT2D eigenvalue weighted by atomic mass is 16.6. The van der Waals surface area contributed by atoms with Gasteiger partial charge >= 0.3 is 6.03 Å². The van der Waals surface area contributed by atoms with Crippen molar-refractivity contribution in [3.63, 3.8) is 0 Å². The first-order valence-corrected chi connectivity index (χ1v) is 8.39. The molecule has 2 aromatic rings. The van der Waals surface area contributed by atoms with Crippen LogP contribution in [0.1, 0.15) is 23.1 Å². The lowest BCUT2D eigenvalue weighted by Crippen LogP contribution is -2.40. The molecule has 2 N–H and O–H groups in total. The molecule has 7 nitrogen and oxygen atoms in total. The average Bonchev–Trinajstić information content (AvgIpc) is 3.27. The van der Waals surface area contributed by atoms with Gasteiger partial charge in [-0.25, -0.2) is 9.78 Å². The fourth-order valence-corrected chi connectivity index (χ4v) is 2.62. The minimum Gasteiger partial charge on any atom is -0.390 e. The third-order valence-electron chi connectivity index (χ3n) is 4.28. The first-order chi connectivity index (χ1) is 12.1. The molecule has 1 aliphatic heterocycles. The molecular weight excluding hydrogens is 318 g/mol. The molecular formula is C18H23N5O2. The number of imidazole rings is 1. The summed E-state index contributed by atoms with van der Waals surface area (Å²) in [6.07, 6.45) is 5.86. The summed E-state index contributed by atoms with van der Waals surface area (Å²) in [5.41, 5.74) is 4.50. The molecule has 0 saturated carbocycles. The van der Waals surface area contributed by atoms with E-state index in [0.29, 0.717) is 26.1 Å². The van der Waals surface area contributed by atoms with Gasteiger partial charge in [-0.3, -0.25) is 0 Å². The number of carbonyl (C=O) groups is 1. The largest absolute Gasteiger partial charge is 0.390 e. The van der Waals surface area contributed by atoms with Gasteiger partial charge in [0.1, 0.15) is 0 Å². The summed E-state index contributed by atoms with van der Waals surface area (Å²) in [7, 11) is 0. The molecule has 0 radical (unpaired) electrons. The van der Waals surface area contributed by atoms with E-state index in [1.165, 1.54) is 11.1 Å². The van der Waals surface area contributed by atoms with Crippen LogP contribution in [0.5, 0.6) is 0 Å². The quantitative estimate of drug-likeness (QED) is 0.843. The normalized spacial score (nSPS) is 16.2. The molecule has 1 aromatic heterocycles. The first-order valence-electron chi connectivity index (χ1n) is 8.39. The van der Waals surface area contributed by atoms with Gasteiger partial charge in [-0.1, -0.05) is 17.3 Å². The van der Waals surface area contributed by atoms with Gasteiger partial charge in [0.05, 0.1) is 18.6 Å². The summed E-state index contributed by atoms with van der Waals surface area (Å²) in [6, 6.07) is 6.06. The molecule has 0 bridgehead atoms. The Bertz CT molecular complexity index is 755. The number of hydrogen-bond donors (Lipinski definition) is 2. The van der Waals surface area contributed by atoms with Crippen molar-refractivity contribution >= 4 is 11.7 Å². The maximum absolute atomic E-state index is 11.8. The van der Waals surface area contributed by atoms with Crippen molar-refractivity contribution in [1.29, 1.82) is 0 Å². The standard InChI is InChI=1S/C18H23N5O2/c1-13-3-4-15(9-14(13)2)17-10-16(25-22-17)11-21-18(24)20-6-8-23-7-5-19-12-23/h3-5,7,9,12,16H,6,8,10-11H2,1-2H3,(H2,20,21,24). The highest BCUT2D eigenvalue weighted by Gasteiger charge is 2.22. The number of nitrogens with zero attached hydrogens (tertiary/aromatic N) is 3. The number of hydrogen-bond acceptors (Lipinski definition) is 4. The van der Waals surface area contributed by atoms with E-state index in [4.69, 9.17) is 4.84 Å². The van der Waals surface area contributed by atoms with E-state index in [1.54, 1.807) is 12.5 Å². The van der Waals surface area contributed by atoms with Crippen molar-refractivity contribution in [2.75, 3.05) is 13.1 Å². The smallest absolute Gasteiger partial charge is 0.314 e. The predicted molar refractivity (Wildman–Crippen MR) is 95.6 cm³/mol. The monoisotopic (exact) mass is 341 g/mol. The number of carbonyl (C=O) groups excluding carboxylic acids is 1. The van der Waals surface area contributed by atoms with Crippen LogP contribution in [0.2, 0.25) is 0 Å². The number of nitrogens with one attached hydrogen (secondary N) is 2. The fourth-order valence-electron chi connectivity index (χ4n) is 2.62. The van der Waals surface area contributed by atoms with E-state index in [-0.39, 0.29) is 12.1 Å². The van der Waals surface area contributed by atoms with Gasteiger partial charge in [-0.15, -0.1) is 0 Å². The van der Waals surface area contributed by atoms with E-state index in [2.05, 4.69) is 52.8 Å². The molecule has 1 unspecified atom stereocenters. The lowest BCUT2D eigenvalue weighted by molar-refractivity contribution is 0.0865. The summed E-state index contributed by atoms with van der Waals surface area (Å²) in [4.78, 5) is 21.2. The van der Waals surface area contributed by atoms with E-state index < -0.39 is 0 Å². The topological polar surface area (TPSA) is 80.5 Å². The maximum Gasteiger partial charge on any atom is 0.314 e. The lowest BCUT2D eigenvalue weighted by atomic mass is 10.0. The molecule has 7 heteroatoms. The van der Waals surface area contributed by atoms with Gasteiger partial charge in [0, 0.05) is 31.9 Å². The number of amides is 2. The second-order valence-electron chi connectivity index (χ2n) is 6.21. The van der Waals surface area contributed by atoms with Crippen molar-refractivity contribution in [2.45, 2.75) is 32.9 Å². The summed E-state index contributed by atoms with van der Waals surface area (Å²) in [6.45, 7) is 5.83. The zero-order valence-corrected chi connectivity index (χ0v) is 14.5. The van der Waals surface area contributed by atoms with Crippen LogP contribution in [0.3, 0.4) is 0 Å². The Kier molecular flexibility index (Phi) is 5.33. The second kappa shape index (κ2) is 7.83. The number of aromatic nitrogens is 2. The van der Waals surface area contributed by atoms with Gasteiger partial charge in [-0.2, -0.15) is 0 Å². The number of urea groups is 1. The molecule has 1 aromatic carbocycles. The molecule has 0 fully saturated rings. The van der Waals surface area contributed by atoms with Crippen LogP contribution in [0.15, 0.2) is 42.1 Å². The Balaban J connectivity index is 1.38. The number of benzene rings is 1. The zero-order valence-electron chi connectivity index (χ0n) is 14.5. The van der Waals surface area contributed by atoms with E-state index in [1.807, 2.05) is 10.8 Å². The predicted octanol–water partition coefficient (Wildman–Crippen LogP) is 1.99. The number of rotatable bonds is 6. The molecule has 25 heavy (non-hydrogen) atoms. The minimum atomic E-state index is -0.205. The van der Waals surface area contributed by atoms with Crippen LogP contribution < -0.4 is 10.6 Å². The van der Waals surface area contributed by atoms with Gasteiger partial charge in [0.25, 0.3) is 0 Å². The van der Waals surface area contributed by atoms with Crippen LogP contribution in [0.25, 0.3) is 0 Å². The molecule has 1 aliphatic rings. The second-order valence-corrected chi connectivity index (χ2v) is 6.21. The van der Waals surface area contributed by atoms with Crippen molar-refractivity contribution < 1.29 is 9.63 Å². The summed E-state index contributed by atoms with van der Waals surface area (Å²) < 4.78 is 1.91.